The number of benzene rings is 1. The van der Waals surface area contributed by atoms with E-state index in [2.05, 4.69) is 4.74 Å². The van der Waals surface area contributed by atoms with Crippen LogP contribution in [0, 0.1) is 6.92 Å². The molecule has 4 nitrogen and oxygen atoms in total. The van der Waals surface area contributed by atoms with Crippen LogP contribution in [0.1, 0.15) is 12.5 Å². The number of aryl methyl sites for hydroxylation is 1. The molecule has 0 aliphatic carbocycles. The summed E-state index contributed by atoms with van der Waals surface area (Å²) < 4.78 is 15.2. The molecule has 0 heterocycles. The maximum absolute atomic E-state index is 10.9. The molecule has 0 aliphatic heterocycles. The summed E-state index contributed by atoms with van der Waals surface area (Å²) in [4.78, 5) is 10.9. The number of carbonyl (C=O) groups excluding carboxylic acids is 1. The monoisotopic (exact) mass is 224 g/mol. The van der Waals surface area contributed by atoms with E-state index in [1.54, 1.807) is 6.07 Å². The Bertz CT molecular complexity index is 360. The van der Waals surface area contributed by atoms with Crippen molar-refractivity contribution in [2.45, 2.75) is 13.8 Å². The lowest BCUT2D eigenvalue weighted by molar-refractivity contribution is -0.142. The Balaban J connectivity index is 2.70. The van der Waals surface area contributed by atoms with Crippen LogP contribution < -0.4 is 9.47 Å². The first kappa shape index (κ1) is 12.4. The number of hydrogen-bond donors (Lipinski definition) is 0. The molecule has 0 spiro atoms. The van der Waals surface area contributed by atoms with Gasteiger partial charge in [0.1, 0.15) is 11.5 Å². The SMILES string of the molecule is CCOc1ccc(C)c(OCC(=O)OC)c1. The van der Waals surface area contributed by atoms with Gasteiger partial charge in [-0.1, -0.05) is 6.07 Å². The summed E-state index contributed by atoms with van der Waals surface area (Å²) in [6, 6.07) is 5.52. The van der Waals surface area contributed by atoms with Crippen LogP contribution in [-0.2, 0) is 9.53 Å². The molecule has 0 saturated heterocycles. The summed E-state index contributed by atoms with van der Waals surface area (Å²) in [5, 5.41) is 0. The number of hydrogen-bond acceptors (Lipinski definition) is 4. The molecule has 0 unspecified atom stereocenters. The zero-order chi connectivity index (χ0) is 12.0. The molecule has 16 heavy (non-hydrogen) atoms. The highest BCUT2D eigenvalue weighted by molar-refractivity contribution is 5.70. The van der Waals surface area contributed by atoms with Crippen LogP contribution in [-0.4, -0.2) is 26.3 Å². The Labute approximate surface area is 95.1 Å². The van der Waals surface area contributed by atoms with Crippen LogP contribution in [0.5, 0.6) is 11.5 Å². The third kappa shape index (κ3) is 3.46. The highest BCUT2D eigenvalue weighted by atomic mass is 16.6. The third-order valence-corrected chi connectivity index (χ3v) is 2.04. The molecule has 0 radical (unpaired) electrons. The van der Waals surface area contributed by atoms with E-state index in [0.29, 0.717) is 12.4 Å². The standard InChI is InChI=1S/C12H16O4/c1-4-15-10-6-5-9(2)11(7-10)16-8-12(13)14-3/h5-7H,4,8H2,1-3H3. The van der Waals surface area contributed by atoms with Gasteiger partial charge in [0.15, 0.2) is 6.61 Å². The molecule has 0 aliphatic rings. The van der Waals surface area contributed by atoms with Crippen LogP contribution in [0.2, 0.25) is 0 Å². The highest BCUT2D eigenvalue weighted by Gasteiger charge is 2.05. The zero-order valence-corrected chi connectivity index (χ0v) is 9.78. The Morgan fingerprint density at radius 1 is 1.31 bits per heavy atom. The molecule has 88 valence electrons. The molecule has 1 aromatic carbocycles. The lowest BCUT2D eigenvalue weighted by atomic mass is 10.2. The fraction of sp³-hybridized carbons (Fsp3) is 0.417. The van der Waals surface area contributed by atoms with Crippen molar-refractivity contribution in [3.63, 3.8) is 0 Å². The van der Waals surface area contributed by atoms with Crippen LogP contribution in [0.25, 0.3) is 0 Å². The van der Waals surface area contributed by atoms with Crippen molar-refractivity contribution < 1.29 is 19.0 Å². The molecule has 1 rings (SSSR count). The molecule has 0 N–H and O–H groups in total. The second-order valence-electron chi connectivity index (χ2n) is 3.23. The smallest absolute Gasteiger partial charge is 0.343 e. The Morgan fingerprint density at radius 3 is 2.69 bits per heavy atom. The molecule has 1 aromatic rings. The molecule has 0 bridgehead atoms. The van der Waals surface area contributed by atoms with Crippen molar-refractivity contribution in [1.29, 1.82) is 0 Å². The van der Waals surface area contributed by atoms with Crippen molar-refractivity contribution in [1.82, 2.24) is 0 Å². The lowest BCUT2D eigenvalue weighted by Crippen LogP contribution is -2.13. The quantitative estimate of drug-likeness (QED) is 0.717. The topological polar surface area (TPSA) is 44.8 Å². The van der Waals surface area contributed by atoms with E-state index < -0.39 is 5.97 Å². The fourth-order valence-corrected chi connectivity index (χ4v) is 1.19. The van der Waals surface area contributed by atoms with Gasteiger partial charge in [-0.3, -0.25) is 0 Å². The zero-order valence-electron chi connectivity index (χ0n) is 9.78. The summed E-state index contributed by atoms with van der Waals surface area (Å²) >= 11 is 0. The molecular formula is C12H16O4. The maximum Gasteiger partial charge on any atom is 0.343 e. The third-order valence-electron chi connectivity index (χ3n) is 2.04. The summed E-state index contributed by atoms with van der Waals surface area (Å²) in [5.74, 6) is 0.963. The van der Waals surface area contributed by atoms with Crippen molar-refractivity contribution >= 4 is 5.97 Å². The van der Waals surface area contributed by atoms with Gasteiger partial charge in [0, 0.05) is 6.07 Å². The molecule has 0 aromatic heterocycles. The molecule has 0 fully saturated rings. The van der Waals surface area contributed by atoms with Crippen molar-refractivity contribution in [2.75, 3.05) is 20.3 Å². The van der Waals surface area contributed by atoms with E-state index in [4.69, 9.17) is 9.47 Å². The Kier molecular flexibility index (Phi) is 4.64. The number of esters is 1. The van der Waals surface area contributed by atoms with Gasteiger partial charge in [-0.15, -0.1) is 0 Å². The van der Waals surface area contributed by atoms with Crippen LogP contribution in [0.15, 0.2) is 18.2 Å². The van der Waals surface area contributed by atoms with E-state index >= 15 is 0 Å². The molecule has 0 amide bonds. The average molecular weight is 224 g/mol. The summed E-state index contributed by atoms with van der Waals surface area (Å²) in [6.45, 7) is 4.32. The van der Waals surface area contributed by atoms with Gasteiger partial charge in [-0.05, 0) is 25.5 Å². The van der Waals surface area contributed by atoms with Crippen molar-refractivity contribution in [3.05, 3.63) is 23.8 Å². The lowest BCUT2D eigenvalue weighted by Gasteiger charge is -2.10. The summed E-state index contributed by atoms with van der Waals surface area (Å²) in [7, 11) is 1.33. The summed E-state index contributed by atoms with van der Waals surface area (Å²) in [5.41, 5.74) is 0.951. The summed E-state index contributed by atoms with van der Waals surface area (Å²) in [6.07, 6.45) is 0. The molecule has 0 saturated carbocycles. The van der Waals surface area contributed by atoms with Gasteiger partial charge in [0.05, 0.1) is 13.7 Å². The largest absolute Gasteiger partial charge is 0.494 e. The van der Waals surface area contributed by atoms with E-state index in [1.807, 2.05) is 26.0 Å². The minimum atomic E-state index is -0.402. The highest BCUT2D eigenvalue weighted by Crippen LogP contribution is 2.24. The number of ether oxygens (including phenoxy) is 3. The van der Waals surface area contributed by atoms with Crippen molar-refractivity contribution in [2.24, 2.45) is 0 Å². The van der Waals surface area contributed by atoms with E-state index in [-0.39, 0.29) is 6.61 Å². The minimum absolute atomic E-state index is 0.0904. The normalized spacial score (nSPS) is 9.69. The molecule has 4 heteroatoms. The predicted octanol–water partition coefficient (Wildman–Crippen LogP) is 1.95. The maximum atomic E-state index is 10.9. The number of rotatable bonds is 5. The fourth-order valence-electron chi connectivity index (χ4n) is 1.19. The first-order chi connectivity index (χ1) is 7.67. The van der Waals surface area contributed by atoms with E-state index in [9.17, 15) is 4.79 Å². The predicted molar refractivity (Wildman–Crippen MR) is 59.9 cm³/mol. The first-order valence-electron chi connectivity index (χ1n) is 5.10. The Morgan fingerprint density at radius 2 is 2.06 bits per heavy atom. The average Bonchev–Trinajstić information content (AvgIpc) is 2.29. The Hall–Kier alpha value is -1.71. The van der Waals surface area contributed by atoms with Crippen molar-refractivity contribution in [3.8, 4) is 11.5 Å². The van der Waals surface area contributed by atoms with Crippen LogP contribution in [0.3, 0.4) is 0 Å². The molecule has 0 atom stereocenters. The number of carbonyl (C=O) groups is 1. The van der Waals surface area contributed by atoms with Gasteiger partial charge >= 0.3 is 5.97 Å². The van der Waals surface area contributed by atoms with Gasteiger partial charge in [0.2, 0.25) is 0 Å². The molecular weight excluding hydrogens is 208 g/mol. The first-order valence-corrected chi connectivity index (χ1v) is 5.10. The number of methoxy groups -OCH3 is 1. The van der Waals surface area contributed by atoms with E-state index in [0.717, 1.165) is 11.3 Å². The second-order valence-corrected chi connectivity index (χ2v) is 3.23. The van der Waals surface area contributed by atoms with Gasteiger partial charge in [0.25, 0.3) is 0 Å². The minimum Gasteiger partial charge on any atom is -0.494 e. The van der Waals surface area contributed by atoms with Gasteiger partial charge < -0.3 is 14.2 Å². The second kappa shape index (κ2) is 6.00. The van der Waals surface area contributed by atoms with Gasteiger partial charge in [-0.2, -0.15) is 0 Å². The van der Waals surface area contributed by atoms with Crippen LogP contribution >= 0.6 is 0 Å². The van der Waals surface area contributed by atoms with Crippen LogP contribution in [0.4, 0.5) is 0 Å². The van der Waals surface area contributed by atoms with Gasteiger partial charge in [-0.25, -0.2) is 4.79 Å². The van der Waals surface area contributed by atoms with E-state index in [1.165, 1.54) is 7.11 Å².